The molecule has 0 N–H and O–H groups in total. The van der Waals surface area contributed by atoms with Crippen LogP contribution in [-0.4, -0.2) is 29.9 Å². The van der Waals surface area contributed by atoms with E-state index < -0.39 is 17.5 Å². The number of piperidine rings is 1. The summed E-state index contributed by atoms with van der Waals surface area (Å²) in [5, 5.41) is 0. The molecule has 6 heteroatoms. The maximum absolute atomic E-state index is 13.8. The molecule has 1 amide bonds. The molecule has 0 atom stereocenters. The number of rotatable bonds is 3. The molecule has 0 bridgehead atoms. The molecule has 2 aromatic carbocycles. The summed E-state index contributed by atoms with van der Waals surface area (Å²) >= 11 is 0. The first-order valence-electron chi connectivity index (χ1n) is 8.88. The summed E-state index contributed by atoms with van der Waals surface area (Å²) in [6.45, 7) is 4.49. The van der Waals surface area contributed by atoms with Crippen molar-refractivity contribution in [2.75, 3.05) is 13.1 Å². The molecular weight excluding hydrogens is 352 g/mol. The summed E-state index contributed by atoms with van der Waals surface area (Å²) in [7, 11) is 0. The van der Waals surface area contributed by atoms with Gasteiger partial charge in [0.05, 0.1) is 11.5 Å². The van der Waals surface area contributed by atoms with Crippen molar-refractivity contribution in [3.8, 4) is 5.75 Å². The predicted molar refractivity (Wildman–Crippen MR) is 96.5 cm³/mol. The van der Waals surface area contributed by atoms with Crippen LogP contribution in [0.4, 0.5) is 8.78 Å². The minimum absolute atomic E-state index is 0.160. The average Bonchev–Trinajstić information content (AvgIpc) is 2.63. The first-order valence-corrected chi connectivity index (χ1v) is 8.88. The highest BCUT2D eigenvalue weighted by atomic mass is 19.1. The zero-order valence-electron chi connectivity index (χ0n) is 15.3. The summed E-state index contributed by atoms with van der Waals surface area (Å²) in [5.74, 6) is -2.19. The van der Waals surface area contributed by atoms with Gasteiger partial charge in [0.1, 0.15) is 17.4 Å². The first kappa shape index (κ1) is 19.0. The van der Waals surface area contributed by atoms with Gasteiger partial charge in [0, 0.05) is 19.2 Å². The molecule has 1 heterocycles. The molecule has 0 radical (unpaired) electrons. The van der Waals surface area contributed by atoms with E-state index in [1.165, 1.54) is 4.90 Å². The molecular formula is C21H21F2NO3. The van der Waals surface area contributed by atoms with E-state index in [-0.39, 0.29) is 17.5 Å². The standard InChI is InChI=1S/C21H21F2NO3/c1-13-3-6-19(14(2)11-13)27-21(26)15-7-9-24(10-8-15)20(25)17-5-4-16(22)12-18(17)23/h3-6,11-12,15H,7-10H2,1-2H3. The molecule has 1 saturated heterocycles. The van der Waals surface area contributed by atoms with E-state index in [0.29, 0.717) is 37.7 Å². The molecule has 1 aliphatic rings. The number of carbonyl (C=O) groups excluding carboxylic acids is 2. The molecule has 0 aromatic heterocycles. The average molecular weight is 373 g/mol. The van der Waals surface area contributed by atoms with Crippen LogP contribution in [0.5, 0.6) is 5.75 Å². The first-order chi connectivity index (χ1) is 12.8. The lowest BCUT2D eigenvalue weighted by molar-refractivity contribution is -0.140. The molecule has 0 unspecified atom stereocenters. The van der Waals surface area contributed by atoms with Crippen molar-refractivity contribution in [1.82, 2.24) is 4.90 Å². The quantitative estimate of drug-likeness (QED) is 0.603. The van der Waals surface area contributed by atoms with Gasteiger partial charge in [-0.3, -0.25) is 9.59 Å². The van der Waals surface area contributed by atoms with Crippen molar-refractivity contribution in [1.29, 1.82) is 0 Å². The van der Waals surface area contributed by atoms with Gasteiger partial charge in [-0.05, 0) is 50.5 Å². The number of nitrogens with zero attached hydrogens (tertiary/aromatic N) is 1. The molecule has 1 fully saturated rings. The van der Waals surface area contributed by atoms with Crippen LogP contribution in [0.15, 0.2) is 36.4 Å². The molecule has 2 aromatic rings. The van der Waals surface area contributed by atoms with Crippen molar-refractivity contribution in [2.45, 2.75) is 26.7 Å². The van der Waals surface area contributed by atoms with Crippen LogP contribution in [0, 0.1) is 31.4 Å². The second-order valence-electron chi connectivity index (χ2n) is 6.88. The highest BCUT2D eigenvalue weighted by Gasteiger charge is 2.30. The Balaban J connectivity index is 1.59. The van der Waals surface area contributed by atoms with E-state index in [2.05, 4.69) is 0 Å². The van der Waals surface area contributed by atoms with E-state index >= 15 is 0 Å². The predicted octanol–water partition coefficient (Wildman–Crippen LogP) is 4.04. The molecule has 1 aliphatic heterocycles. The van der Waals surface area contributed by atoms with Gasteiger partial charge in [-0.1, -0.05) is 17.7 Å². The molecule has 4 nitrogen and oxygen atoms in total. The van der Waals surface area contributed by atoms with E-state index in [9.17, 15) is 18.4 Å². The number of benzene rings is 2. The SMILES string of the molecule is Cc1ccc(OC(=O)C2CCN(C(=O)c3ccc(F)cc3F)CC2)c(C)c1. The third-order valence-electron chi connectivity index (χ3n) is 4.82. The highest BCUT2D eigenvalue weighted by Crippen LogP contribution is 2.25. The van der Waals surface area contributed by atoms with Crippen molar-refractivity contribution in [3.63, 3.8) is 0 Å². The minimum atomic E-state index is -0.878. The lowest BCUT2D eigenvalue weighted by Gasteiger charge is -2.31. The summed E-state index contributed by atoms with van der Waals surface area (Å²) < 4.78 is 32.3. The zero-order valence-corrected chi connectivity index (χ0v) is 15.3. The Bertz CT molecular complexity index is 874. The zero-order chi connectivity index (χ0) is 19.6. The lowest BCUT2D eigenvalue weighted by atomic mass is 9.96. The molecule has 0 spiro atoms. The number of esters is 1. The number of halogens is 2. The second-order valence-corrected chi connectivity index (χ2v) is 6.88. The number of ether oxygens (including phenoxy) is 1. The van der Waals surface area contributed by atoms with Crippen molar-refractivity contribution < 1.29 is 23.1 Å². The van der Waals surface area contributed by atoms with Gasteiger partial charge in [-0.25, -0.2) is 8.78 Å². The second kappa shape index (κ2) is 7.86. The maximum atomic E-state index is 13.8. The molecule has 142 valence electrons. The van der Waals surface area contributed by atoms with E-state index in [4.69, 9.17) is 4.74 Å². The Morgan fingerprint density at radius 1 is 1.04 bits per heavy atom. The maximum Gasteiger partial charge on any atom is 0.314 e. The van der Waals surface area contributed by atoms with Gasteiger partial charge < -0.3 is 9.64 Å². The Morgan fingerprint density at radius 3 is 2.37 bits per heavy atom. The Hall–Kier alpha value is -2.76. The number of hydrogen-bond acceptors (Lipinski definition) is 3. The van der Waals surface area contributed by atoms with Gasteiger partial charge in [-0.15, -0.1) is 0 Å². The van der Waals surface area contributed by atoms with Gasteiger partial charge >= 0.3 is 5.97 Å². The third kappa shape index (κ3) is 4.32. The topological polar surface area (TPSA) is 46.6 Å². The number of carbonyl (C=O) groups is 2. The van der Waals surface area contributed by atoms with Crippen LogP contribution in [0.1, 0.15) is 34.3 Å². The van der Waals surface area contributed by atoms with Crippen LogP contribution >= 0.6 is 0 Å². The van der Waals surface area contributed by atoms with Gasteiger partial charge in [0.25, 0.3) is 5.91 Å². The molecule has 3 rings (SSSR count). The van der Waals surface area contributed by atoms with Gasteiger partial charge in [0.2, 0.25) is 0 Å². The fraction of sp³-hybridized carbons (Fsp3) is 0.333. The van der Waals surface area contributed by atoms with Crippen LogP contribution in [0.2, 0.25) is 0 Å². The fourth-order valence-electron chi connectivity index (χ4n) is 3.26. The Morgan fingerprint density at radius 2 is 1.74 bits per heavy atom. The highest BCUT2D eigenvalue weighted by molar-refractivity contribution is 5.94. The Labute approximate surface area is 156 Å². The molecule has 0 saturated carbocycles. The van der Waals surface area contributed by atoms with Gasteiger partial charge in [-0.2, -0.15) is 0 Å². The van der Waals surface area contributed by atoms with Crippen LogP contribution in [0.25, 0.3) is 0 Å². The summed E-state index contributed by atoms with van der Waals surface area (Å²) in [5.41, 5.74) is 1.82. The van der Waals surface area contributed by atoms with E-state index in [1.807, 2.05) is 26.0 Å². The number of aryl methyl sites for hydroxylation is 2. The minimum Gasteiger partial charge on any atom is -0.426 e. The van der Waals surface area contributed by atoms with Gasteiger partial charge in [0.15, 0.2) is 0 Å². The van der Waals surface area contributed by atoms with Crippen LogP contribution in [0.3, 0.4) is 0 Å². The lowest BCUT2D eigenvalue weighted by Crippen LogP contribution is -2.41. The smallest absolute Gasteiger partial charge is 0.314 e. The van der Waals surface area contributed by atoms with E-state index in [1.54, 1.807) is 6.07 Å². The molecule has 27 heavy (non-hydrogen) atoms. The van der Waals surface area contributed by atoms with E-state index in [0.717, 1.165) is 23.3 Å². The summed E-state index contributed by atoms with van der Waals surface area (Å²) in [6.07, 6.45) is 0.886. The third-order valence-corrected chi connectivity index (χ3v) is 4.82. The van der Waals surface area contributed by atoms with Crippen LogP contribution < -0.4 is 4.74 Å². The van der Waals surface area contributed by atoms with Crippen LogP contribution in [-0.2, 0) is 4.79 Å². The van der Waals surface area contributed by atoms with Crippen molar-refractivity contribution in [2.24, 2.45) is 5.92 Å². The largest absolute Gasteiger partial charge is 0.426 e. The van der Waals surface area contributed by atoms with Crippen molar-refractivity contribution in [3.05, 3.63) is 64.7 Å². The Kier molecular flexibility index (Phi) is 5.54. The normalized spacial score (nSPS) is 14.9. The summed E-state index contributed by atoms with van der Waals surface area (Å²) in [4.78, 5) is 26.3. The summed E-state index contributed by atoms with van der Waals surface area (Å²) in [6, 6.07) is 8.51. The monoisotopic (exact) mass is 373 g/mol. The molecule has 0 aliphatic carbocycles. The number of amides is 1. The van der Waals surface area contributed by atoms with Crippen molar-refractivity contribution >= 4 is 11.9 Å². The number of likely N-dealkylation sites (tertiary alicyclic amines) is 1. The fourth-order valence-corrected chi connectivity index (χ4v) is 3.26. The number of hydrogen-bond donors (Lipinski definition) is 0.